The highest BCUT2D eigenvalue weighted by atomic mass is 19.1. The second-order valence-corrected chi connectivity index (χ2v) is 9.13. The van der Waals surface area contributed by atoms with E-state index in [9.17, 15) is 9.18 Å². The lowest BCUT2D eigenvalue weighted by atomic mass is 9.77. The maximum atomic E-state index is 13.8. The Kier molecular flexibility index (Phi) is 6.25. The minimum absolute atomic E-state index is 0.0686. The average Bonchev–Trinajstić information content (AvgIpc) is 3.28. The summed E-state index contributed by atoms with van der Waals surface area (Å²) in [5.74, 6) is -0.450. The van der Waals surface area contributed by atoms with Crippen molar-refractivity contribution in [2.24, 2.45) is 0 Å². The fourth-order valence-electron chi connectivity index (χ4n) is 3.76. The summed E-state index contributed by atoms with van der Waals surface area (Å²) in [6.45, 7) is 10.2. The number of hydrogen-bond donors (Lipinski definition) is 0. The molecule has 174 valence electrons. The van der Waals surface area contributed by atoms with Crippen molar-refractivity contribution in [2.45, 2.75) is 58.8 Å². The molecule has 0 atom stereocenters. The zero-order valence-corrected chi connectivity index (χ0v) is 19.6. The molecule has 0 N–H and O–H groups in total. The summed E-state index contributed by atoms with van der Waals surface area (Å²) in [6, 6.07) is 9.89. The van der Waals surface area contributed by atoms with Crippen LogP contribution in [0.5, 0.6) is 5.75 Å². The van der Waals surface area contributed by atoms with Gasteiger partial charge >= 0.3 is 13.1 Å². The van der Waals surface area contributed by atoms with Gasteiger partial charge in [0.1, 0.15) is 23.8 Å². The number of ether oxygens (including phenoxy) is 2. The van der Waals surface area contributed by atoms with Crippen LogP contribution in [0, 0.1) is 5.82 Å². The predicted octanol–water partition coefficient (Wildman–Crippen LogP) is 4.56. The van der Waals surface area contributed by atoms with E-state index in [1.165, 1.54) is 18.2 Å². The zero-order valence-electron chi connectivity index (χ0n) is 19.6. The van der Waals surface area contributed by atoms with Crippen molar-refractivity contribution in [1.29, 1.82) is 0 Å². The summed E-state index contributed by atoms with van der Waals surface area (Å²) in [7, 11) is -0.589. The second kappa shape index (κ2) is 8.84. The van der Waals surface area contributed by atoms with Gasteiger partial charge in [-0.1, -0.05) is 6.07 Å². The van der Waals surface area contributed by atoms with E-state index in [0.717, 1.165) is 16.4 Å². The third-order valence-electron chi connectivity index (χ3n) is 6.20. The molecule has 1 fully saturated rings. The first-order valence-corrected chi connectivity index (χ1v) is 11.0. The number of halogens is 1. The highest BCUT2D eigenvalue weighted by Gasteiger charge is 2.52. The highest BCUT2D eigenvalue weighted by Crippen LogP contribution is 2.37. The van der Waals surface area contributed by atoms with Gasteiger partial charge in [0.25, 0.3) is 0 Å². The fourth-order valence-corrected chi connectivity index (χ4v) is 3.76. The Labute approximate surface area is 193 Å². The van der Waals surface area contributed by atoms with Crippen molar-refractivity contribution < 1.29 is 32.4 Å². The molecule has 0 unspecified atom stereocenters. The third-order valence-corrected chi connectivity index (χ3v) is 6.20. The Balaban J connectivity index is 1.59. The molecule has 0 spiro atoms. The predicted molar refractivity (Wildman–Crippen MR) is 123 cm³/mol. The Hall–Kier alpha value is -2.84. The molecule has 1 aromatic heterocycles. The van der Waals surface area contributed by atoms with Gasteiger partial charge in [0.15, 0.2) is 0 Å². The summed E-state index contributed by atoms with van der Waals surface area (Å²) in [5.41, 5.74) is 1.80. The number of rotatable bonds is 7. The lowest BCUT2D eigenvalue weighted by Crippen LogP contribution is -2.41. The van der Waals surface area contributed by atoms with Crippen LogP contribution in [0.1, 0.15) is 45.7 Å². The first kappa shape index (κ1) is 23.3. The van der Waals surface area contributed by atoms with Crippen molar-refractivity contribution in [1.82, 2.24) is 0 Å². The van der Waals surface area contributed by atoms with Crippen LogP contribution < -0.4 is 10.2 Å². The van der Waals surface area contributed by atoms with Crippen LogP contribution in [0.2, 0.25) is 0 Å². The monoisotopic (exact) mass is 454 g/mol. The van der Waals surface area contributed by atoms with E-state index in [-0.39, 0.29) is 19.6 Å². The number of carbonyl (C=O) groups is 1. The van der Waals surface area contributed by atoms with Gasteiger partial charge in [-0.25, -0.2) is 4.39 Å². The maximum Gasteiger partial charge on any atom is 0.498 e. The Morgan fingerprint density at radius 3 is 2.48 bits per heavy atom. The summed E-state index contributed by atoms with van der Waals surface area (Å²) in [4.78, 5) is 11.9. The van der Waals surface area contributed by atoms with Crippen LogP contribution in [0.4, 0.5) is 4.39 Å². The van der Waals surface area contributed by atoms with Gasteiger partial charge in [-0.2, -0.15) is 0 Å². The lowest BCUT2D eigenvalue weighted by Gasteiger charge is -2.32. The van der Waals surface area contributed by atoms with Crippen LogP contribution in [-0.4, -0.2) is 30.9 Å². The van der Waals surface area contributed by atoms with E-state index in [1.807, 2.05) is 45.9 Å². The Morgan fingerprint density at radius 2 is 1.79 bits per heavy atom. The number of esters is 1. The standard InChI is InChI=1S/C25H28BFO6/c1-6-29-22(28)14-18-13-19(27)7-8-21(18)31-15-16-11-17-9-10-30-23(17)20(12-16)26-32-24(2,3)25(4,5)33-26/h7-13H,6,14-15H2,1-5H3. The zero-order chi connectivity index (χ0) is 23.8. The molecule has 2 aromatic carbocycles. The van der Waals surface area contributed by atoms with E-state index in [1.54, 1.807) is 13.2 Å². The first-order valence-electron chi connectivity index (χ1n) is 11.0. The van der Waals surface area contributed by atoms with Gasteiger partial charge in [0.2, 0.25) is 0 Å². The normalized spacial score (nSPS) is 16.8. The van der Waals surface area contributed by atoms with Gasteiger partial charge in [0, 0.05) is 16.4 Å². The van der Waals surface area contributed by atoms with Crippen LogP contribution in [0.25, 0.3) is 11.0 Å². The average molecular weight is 454 g/mol. The van der Waals surface area contributed by atoms with Gasteiger partial charge < -0.3 is 23.2 Å². The molecule has 0 radical (unpaired) electrons. The largest absolute Gasteiger partial charge is 0.498 e. The maximum absolute atomic E-state index is 13.8. The first-order chi connectivity index (χ1) is 15.6. The van der Waals surface area contributed by atoms with E-state index >= 15 is 0 Å². The van der Waals surface area contributed by atoms with Crippen molar-refractivity contribution in [3.05, 3.63) is 59.6 Å². The van der Waals surface area contributed by atoms with Crippen LogP contribution >= 0.6 is 0 Å². The number of hydrogen-bond acceptors (Lipinski definition) is 6. The molecular weight excluding hydrogens is 426 g/mol. The molecule has 8 heteroatoms. The summed E-state index contributed by atoms with van der Waals surface area (Å²) >= 11 is 0. The third kappa shape index (κ3) is 4.77. The van der Waals surface area contributed by atoms with Gasteiger partial charge in [-0.05, 0) is 70.5 Å². The van der Waals surface area contributed by atoms with Crippen LogP contribution in [-0.2, 0) is 31.9 Å². The highest BCUT2D eigenvalue weighted by molar-refractivity contribution is 6.64. The second-order valence-electron chi connectivity index (χ2n) is 9.13. The van der Waals surface area contributed by atoms with Crippen molar-refractivity contribution in [3.8, 4) is 5.75 Å². The molecule has 3 aromatic rings. The van der Waals surface area contributed by atoms with Crippen LogP contribution in [0.3, 0.4) is 0 Å². The molecule has 1 saturated heterocycles. The Morgan fingerprint density at radius 1 is 1.06 bits per heavy atom. The van der Waals surface area contributed by atoms with Crippen molar-refractivity contribution in [2.75, 3.05) is 6.61 Å². The smallest absolute Gasteiger partial charge is 0.489 e. The molecular formula is C25H28BFO6. The molecule has 0 saturated carbocycles. The van der Waals surface area contributed by atoms with E-state index in [2.05, 4.69) is 0 Å². The number of carbonyl (C=O) groups excluding carboxylic acids is 1. The van der Waals surface area contributed by atoms with Gasteiger partial charge in [0.05, 0.1) is 30.5 Å². The number of furan rings is 1. The number of fused-ring (bicyclic) bond motifs is 1. The molecule has 0 amide bonds. The molecule has 2 heterocycles. The van der Waals surface area contributed by atoms with Crippen molar-refractivity contribution >= 4 is 29.5 Å². The molecule has 1 aliphatic rings. The molecule has 1 aliphatic heterocycles. The van der Waals surface area contributed by atoms with E-state index < -0.39 is 30.1 Å². The molecule has 4 rings (SSSR count). The SMILES string of the molecule is CCOC(=O)Cc1cc(F)ccc1OCc1cc(B2OC(C)(C)C(C)(C)O2)c2occc2c1. The summed E-state index contributed by atoms with van der Waals surface area (Å²) in [6.07, 6.45) is 1.56. The fraction of sp³-hybridized carbons (Fsp3) is 0.400. The number of benzene rings is 2. The summed E-state index contributed by atoms with van der Waals surface area (Å²) < 4.78 is 43.0. The van der Waals surface area contributed by atoms with Crippen molar-refractivity contribution in [3.63, 3.8) is 0 Å². The molecule has 0 aliphatic carbocycles. The Bertz CT molecular complexity index is 1150. The minimum Gasteiger partial charge on any atom is -0.489 e. The van der Waals surface area contributed by atoms with E-state index in [4.69, 9.17) is 23.2 Å². The van der Waals surface area contributed by atoms with Gasteiger partial charge in [-0.15, -0.1) is 0 Å². The van der Waals surface area contributed by atoms with Crippen LogP contribution in [0.15, 0.2) is 47.1 Å². The molecule has 6 nitrogen and oxygen atoms in total. The van der Waals surface area contributed by atoms with Gasteiger partial charge in [-0.3, -0.25) is 4.79 Å². The lowest BCUT2D eigenvalue weighted by molar-refractivity contribution is -0.142. The molecule has 0 bridgehead atoms. The summed E-state index contributed by atoms with van der Waals surface area (Å²) in [5, 5.41) is 0.895. The van der Waals surface area contributed by atoms with E-state index in [0.29, 0.717) is 16.9 Å². The quantitative estimate of drug-likeness (QED) is 0.385. The topological polar surface area (TPSA) is 67.1 Å². The minimum atomic E-state index is -0.589. The molecule has 33 heavy (non-hydrogen) atoms.